The average molecular weight is 316 g/mol. The van der Waals surface area contributed by atoms with Crippen LogP contribution in [0.15, 0.2) is 35.1 Å². The van der Waals surface area contributed by atoms with E-state index < -0.39 is 11.7 Å². The number of hydrogen-bond donors (Lipinski definition) is 0. The van der Waals surface area contributed by atoms with E-state index in [2.05, 4.69) is 21.0 Å². The molecule has 7 heteroatoms. The molecular weight excluding hydrogens is 311 g/mol. The fourth-order valence-electron chi connectivity index (χ4n) is 1.43. The Morgan fingerprint density at radius 2 is 2.06 bits per heavy atom. The number of halogens is 4. The van der Waals surface area contributed by atoms with Gasteiger partial charge in [-0.2, -0.15) is 23.5 Å². The third-order valence-corrected chi connectivity index (χ3v) is 2.65. The van der Waals surface area contributed by atoms with E-state index in [0.29, 0.717) is 10.2 Å². The molecule has 0 atom stereocenters. The second-order valence-corrected chi connectivity index (χ2v) is 4.36. The Morgan fingerprint density at radius 1 is 1.33 bits per heavy atom. The van der Waals surface area contributed by atoms with Crippen molar-refractivity contribution in [3.63, 3.8) is 0 Å². The molecule has 2 rings (SSSR count). The van der Waals surface area contributed by atoms with Gasteiger partial charge in [-0.15, -0.1) is 0 Å². The Balaban J connectivity index is 2.55. The second-order valence-electron chi connectivity index (χ2n) is 3.44. The summed E-state index contributed by atoms with van der Waals surface area (Å²) in [6.07, 6.45) is -1.42. The predicted molar refractivity (Wildman–Crippen MR) is 61.0 cm³/mol. The summed E-state index contributed by atoms with van der Waals surface area (Å²) in [5.74, 6) is 0. The summed E-state index contributed by atoms with van der Waals surface area (Å²) in [6, 6.07) is 4.70. The molecular formula is C11H5BrF3N3. The highest BCUT2D eigenvalue weighted by atomic mass is 79.9. The van der Waals surface area contributed by atoms with E-state index >= 15 is 0 Å². The molecule has 0 saturated carbocycles. The van der Waals surface area contributed by atoms with E-state index in [1.165, 1.54) is 16.9 Å². The largest absolute Gasteiger partial charge is 0.416 e. The fourth-order valence-corrected chi connectivity index (χ4v) is 1.72. The minimum Gasteiger partial charge on any atom is -0.238 e. The quantitative estimate of drug-likeness (QED) is 0.808. The van der Waals surface area contributed by atoms with Gasteiger partial charge >= 0.3 is 6.18 Å². The maximum absolute atomic E-state index is 12.5. The van der Waals surface area contributed by atoms with Crippen molar-refractivity contribution in [2.24, 2.45) is 0 Å². The van der Waals surface area contributed by atoms with Crippen LogP contribution >= 0.6 is 15.9 Å². The van der Waals surface area contributed by atoms with E-state index in [0.717, 1.165) is 12.1 Å². The Labute approximate surface area is 109 Å². The summed E-state index contributed by atoms with van der Waals surface area (Å²) in [5.41, 5.74) is -0.634. The van der Waals surface area contributed by atoms with Gasteiger partial charge in [-0.05, 0) is 34.1 Å². The van der Waals surface area contributed by atoms with E-state index in [9.17, 15) is 13.2 Å². The van der Waals surface area contributed by atoms with Crippen LogP contribution in [0, 0.1) is 11.3 Å². The third-order valence-electron chi connectivity index (χ3n) is 2.24. The third kappa shape index (κ3) is 2.38. The second kappa shape index (κ2) is 4.46. The van der Waals surface area contributed by atoms with E-state index in [1.807, 2.05) is 0 Å². The van der Waals surface area contributed by atoms with Gasteiger partial charge < -0.3 is 0 Å². The SMILES string of the molecule is N#Cc1cc(C(F)(F)F)ccc1-n1cc(Br)cn1. The zero-order valence-electron chi connectivity index (χ0n) is 8.74. The average Bonchev–Trinajstić information content (AvgIpc) is 2.73. The molecule has 18 heavy (non-hydrogen) atoms. The monoisotopic (exact) mass is 315 g/mol. The number of aromatic nitrogens is 2. The first kappa shape index (κ1) is 12.6. The lowest BCUT2D eigenvalue weighted by Crippen LogP contribution is -2.07. The first-order chi connectivity index (χ1) is 8.41. The molecule has 0 aliphatic carbocycles. The maximum Gasteiger partial charge on any atom is 0.416 e. The Morgan fingerprint density at radius 3 is 2.56 bits per heavy atom. The van der Waals surface area contributed by atoms with Crippen LogP contribution in [0.4, 0.5) is 13.2 Å². The highest BCUT2D eigenvalue weighted by Crippen LogP contribution is 2.31. The molecule has 0 aliphatic rings. The molecule has 0 radical (unpaired) electrons. The molecule has 0 bridgehead atoms. The normalized spacial score (nSPS) is 11.3. The maximum atomic E-state index is 12.5. The van der Waals surface area contributed by atoms with Crippen LogP contribution in [0.1, 0.15) is 11.1 Å². The van der Waals surface area contributed by atoms with Crippen molar-refractivity contribution >= 4 is 15.9 Å². The van der Waals surface area contributed by atoms with E-state index in [4.69, 9.17) is 5.26 Å². The van der Waals surface area contributed by atoms with Crippen molar-refractivity contribution in [2.75, 3.05) is 0 Å². The number of alkyl halides is 3. The molecule has 1 heterocycles. The molecule has 0 aliphatic heterocycles. The molecule has 0 saturated heterocycles. The van der Waals surface area contributed by atoms with Crippen LogP contribution in [-0.4, -0.2) is 9.78 Å². The van der Waals surface area contributed by atoms with Gasteiger partial charge in [-0.1, -0.05) is 0 Å². The lowest BCUT2D eigenvalue weighted by atomic mass is 10.1. The zero-order chi connectivity index (χ0) is 13.3. The minimum absolute atomic E-state index is 0.0829. The number of hydrogen-bond acceptors (Lipinski definition) is 2. The standard InChI is InChI=1S/C11H5BrF3N3/c12-9-5-17-18(6-9)10-2-1-8(11(13,14)15)3-7(10)4-16/h1-3,5-6H. The van der Waals surface area contributed by atoms with Crippen molar-refractivity contribution in [3.8, 4) is 11.8 Å². The molecule has 0 spiro atoms. The van der Waals surface area contributed by atoms with Crippen LogP contribution in [-0.2, 0) is 6.18 Å². The molecule has 0 fully saturated rings. The van der Waals surface area contributed by atoms with Crippen molar-refractivity contribution in [1.82, 2.24) is 9.78 Å². The van der Waals surface area contributed by atoms with Gasteiger partial charge in [-0.25, -0.2) is 4.68 Å². The molecule has 0 amide bonds. The van der Waals surface area contributed by atoms with Crippen LogP contribution in [0.5, 0.6) is 0 Å². The van der Waals surface area contributed by atoms with Crippen LogP contribution < -0.4 is 0 Å². The number of rotatable bonds is 1. The fraction of sp³-hybridized carbons (Fsp3) is 0.0909. The van der Waals surface area contributed by atoms with E-state index in [-0.39, 0.29) is 5.56 Å². The van der Waals surface area contributed by atoms with Crippen molar-refractivity contribution in [1.29, 1.82) is 5.26 Å². The smallest absolute Gasteiger partial charge is 0.238 e. The Kier molecular flexibility index (Phi) is 3.13. The highest BCUT2D eigenvalue weighted by molar-refractivity contribution is 9.10. The van der Waals surface area contributed by atoms with Crippen molar-refractivity contribution in [3.05, 3.63) is 46.2 Å². The van der Waals surface area contributed by atoms with Gasteiger partial charge in [0.1, 0.15) is 6.07 Å². The van der Waals surface area contributed by atoms with Gasteiger partial charge in [0.25, 0.3) is 0 Å². The summed E-state index contributed by atoms with van der Waals surface area (Å²) in [5, 5.41) is 12.8. The molecule has 0 unspecified atom stereocenters. The molecule has 2 aromatic rings. The number of nitriles is 1. The first-order valence-electron chi connectivity index (χ1n) is 4.73. The van der Waals surface area contributed by atoms with Crippen molar-refractivity contribution < 1.29 is 13.2 Å². The minimum atomic E-state index is -4.46. The van der Waals surface area contributed by atoms with Gasteiger partial charge in [0, 0.05) is 6.20 Å². The molecule has 0 N–H and O–H groups in total. The molecule has 1 aromatic carbocycles. The van der Waals surface area contributed by atoms with Crippen LogP contribution in [0.2, 0.25) is 0 Å². The van der Waals surface area contributed by atoms with Crippen LogP contribution in [0.3, 0.4) is 0 Å². The van der Waals surface area contributed by atoms with Gasteiger partial charge in [-0.3, -0.25) is 0 Å². The summed E-state index contributed by atoms with van der Waals surface area (Å²) < 4.78 is 39.5. The first-order valence-corrected chi connectivity index (χ1v) is 5.53. The Hall–Kier alpha value is -1.81. The molecule has 3 nitrogen and oxygen atoms in total. The molecule has 1 aromatic heterocycles. The summed E-state index contributed by atoms with van der Waals surface area (Å²) in [4.78, 5) is 0. The van der Waals surface area contributed by atoms with Gasteiger partial charge in [0.15, 0.2) is 0 Å². The topological polar surface area (TPSA) is 41.6 Å². The number of nitrogens with zero attached hydrogens (tertiary/aromatic N) is 3. The van der Waals surface area contributed by atoms with E-state index in [1.54, 1.807) is 12.3 Å². The Bertz CT molecular complexity index is 625. The lowest BCUT2D eigenvalue weighted by molar-refractivity contribution is -0.137. The predicted octanol–water partition coefficient (Wildman–Crippen LogP) is 3.53. The summed E-state index contributed by atoms with van der Waals surface area (Å²) in [6.45, 7) is 0. The van der Waals surface area contributed by atoms with Crippen molar-refractivity contribution in [2.45, 2.75) is 6.18 Å². The number of benzene rings is 1. The van der Waals surface area contributed by atoms with Gasteiger partial charge in [0.05, 0.1) is 27.5 Å². The summed E-state index contributed by atoms with van der Waals surface area (Å²) >= 11 is 3.18. The highest BCUT2D eigenvalue weighted by Gasteiger charge is 2.31. The van der Waals surface area contributed by atoms with Crippen LogP contribution in [0.25, 0.3) is 5.69 Å². The van der Waals surface area contributed by atoms with Gasteiger partial charge in [0.2, 0.25) is 0 Å². The summed E-state index contributed by atoms with van der Waals surface area (Å²) in [7, 11) is 0. The lowest BCUT2D eigenvalue weighted by Gasteiger charge is -2.09. The zero-order valence-corrected chi connectivity index (χ0v) is 10.3. The molecule has 92 valence electrons.